The third-order valence-electron chi connectivity index (χ3n) is 2.24. The van der Waals surface area contributed by atoms with Crippen molar-refractivity contribution in [2.24, 2.45) is 0 Å². The molecule has 1 N–H and O–H groups in total. The van der Waals surface area contributed by atoms with E-state index in [2.05, 4.69) is 0 Å². The van der Waals surface area contributed by atoms with Crippen molar-refractivity contribution in [2.45, 2.75) is 6.18 Å². The first-order chi connectivity index (χ1) is 8.33. The predicted molar refractivity (Wildman–Crippen MR) is 58.8 cm³/mol. The van der Waals surface area contributed by atoms with Gasteiger partial charge < -0.3 is 14.9 Å². The van der Waals surface area contributed by atoms with E-state index in [0.717, 1.165) is 0 Å². The fraction of sp³-hybridized carbons (Fsp3) is 0.778. The maximum Gasteiger partial charge on any atom is 0.406 e. The number of thioether (sulfide) groups is 1. The first-order valence-electron chi connectivity index (χ1n) is 5.14. The number of nitrogens with zero attached hydrogens (tertiary/aromatic N) is 2. The fourth-order valence-corrected chi connectivity index (χ4v) is 2.34. The van der Waals surface area contributed by atoms with Crippen molar-refractivity contribution in [3.8, 4) is 0 Å². The molecule has 0 radical (unpaired) electrons. The lowest BCUT2D eigenvalue weighted by molar-refractivity contribution is -0.163. The standard InChI is InChI=1S/C9H13F3N2O3S/c10-9(11,12)5-13(1-2-15)7(16)3-14-6-18-4-8(14)17/h15H,1-6H2. The van der Waals surface area contributed by atoms with E-state index in [1.54, 1.807) is 0 Å². The molecule has 1 fully saturated rings. The molecule has 1 saturated heterocycles. The Bertz CT molecular complexity index is 325. The number of aliphatic hydroxyl groups is 1. The van der Waals surface area contributed by atoms with Crippen molar-refractivity contribution in [2.75, 3.05) is 37.9 Å². The van der Waals surface area contributed by atoms with Crippen LogP contribution in [0.4, 0.5) is 13.2 Å². The summed E-state index contributed by atoms with van der Waals surface area (Å²) in [6.45, 7) is -2.73. The lowest BCUT2D eigenvalue weighted by atomic mass is 10.4. The normalized spacial score (nSPS) is 16.2. The van der Waals surface area contributed by atoms with Crippen LogP contribution in [0.1, 0.15) is 0 Å². The topological polar surface area (TPSA) is 60.9 Å². The van der Waals surface area contributed by atoms with E-state index >= 15 is 0 Å². The van der Waals surface area contributed by atoms with Gasteiger partial charge in [0.2, 0.25) is 11.8 Å². The molecule has 0 saturated carbocycles. The molecule has 1 aliphatic heterocycles. The number of carbonyl (C=O) groups is 2. The highest BCUT2D eigenvalue weighted by molar-refractivity contribution is 8.00. The van der Waals surface area contributed by atoms with Gasteiger partial charge in [-0.15, -0.1) is 11.8 Å². The van der Waals surface area contributed by atoms with Gasteiger partial charge in [0.25, 0.3) is 0 Å². The van der Waals surface area contributed by atoms with Crippen molar-refractivity contribution in [3.05, 3.63) is 0 Å². The van der Waals surface area contributed by atoms with Crippen LogP contribution in [-0.4, -0.2) is 70.8 Å². The molecule has 0 aromatic heterocycles. The minimum atomic E-state index is -4.52. The average Bonchev–Trinajstić information content (AvgIpc) is 2.62. The Morgan fingerprint density at radius 1 is 1.50 bits per heavy atom. The van der Waals surface area contributed by atoms with Gasteiger partial charge in [-0.25, -0.2) is 0 Å². The second-order valence-corrected chi connectivity index (χ2v) is 4.68. The summed E-state index contributed by atoms with van der Waals surface area (Å²) in [6, 6.07) is 0. The maximum absolute atomic E-state index is 12.2. The van der Waals surface area contributed by atoms with E-state index in [4.69, 9.17) is 5.11 Å². The summed E-state index contributed by atoms with van der Waals surface area (Å²) in [6.07, 6.45) is -4.52. The number of aliphatic hydroxyl groups excluding tert-OH is 1. The number of halogens is 3. The highest BCUT2D eigenvalue weighted by atomic mass is 32.2. The summed E-state index contributed by atoms with van der Waals surface area (Å²) in [4.78, 5) is 24.6. The molecule has 104 valence electrons. The quantitative estimate of drug-likeness (QED) is 0.767. The summed E-state index contributed by atoms with van der Waals surface area (Å²) in [7, 11) is 0. The summed E-state index contributed by atoms with van der Waals surface area (Å²) in [5.41, 5.74) is 0. The molecule has 0 unspecified atom stereocenters. The fourth-order valence-electron chi connectivity index (χ4n) is 1.43. The number of hydrogen-bond acceptors (Lipinski definition) is 4. The summed E-state index contributed by atoms with van der Waals surface area (Å²) in [5, 5.41) is 8.65. The number of carbonyl (C=O) groups excluding carboxylic acids is 2. The lowest BCUT2D eigenvalue weighted by Gasteiger charge is -2.25. The number of alkyl halides is 3. The maximum atomic E-state index is 12.2. The van der Waals surface area contributed by atoms with E-state index in [9.17, 15) is 22.8 Å². The first kappa shape index (κ1) is 15.1. The monoisotopic (exact) mass is 286 g/mol. The second kappa shape index (κ2) is 6.28. The number of amides is 2. The molecule has 5 nitrogen and oxygen atoms in total. The van der Waals surface area contributed by atoms with E-state index in [0.29, 0.717) is 10.8 Å². The number of rotatable bonds is 5. The molecule has 2 amide bonds. The molecular weight excluding hydrogens is 273 g/mol. The largest absolute Gasteiger partial charge is 0.406 e. The lowest BCUT2D eigenvalue weighted by Crippen LogP contribution is -2.46. The summed E-state index contributed by atoms with van der Waals surface area (Å²) < 4.78 is 36.7. The van der Waals surface area contributed by atoms with Crippen LogP contribution in [0.3, 0.4) is 0 Å². The van der Waals surface area contributed by atoms with Gasteiger partial charge in [0, 0.05) is 6.54 Å². The summed E-state index contributed by atoms with van der Waals surface area (Å²) >= 11 is 1.30. The molecule has 1 rings (SSSR count). The Labute approximate surface area is 106 Å². The van der Waals surface area contributed by atoms with Gasteiger partial charge in [0.05, 0.1) is 18.2 Å². The minimum absolute atomic E-state index is 0.243. The van der Waals surface area contributed by atoms with Crippen LogP contribution in [0, 0.1) is 0 Å². The molecule has 1 heterocycles. The van der Waals surface area contributed by atoms with Gasteiger partial charge >= 0.3 is 6.18 Å². The second-order valence-electron chi connectivity index (χ2n) is 3.72. The Hall–Kier alpha value is -0.960. The molecule has 0 bridgehead atoms. The van der Waals surface area contributed by atoms with E-state index in [1.807, 2.05) is 0 Å². The first-order valence-corrected chi connectivity index (χ1v) is 6.30. The Kier molecular flexibility index (Phi) is 5.27. The third kappa shape index (κ3) is 4.73. The smallest absolute Gasteiger partial charge is 0.395 e. The molecule has 1 aliphatic rings. The molecule has 0 aliphatic carbocycles. The predicted octanol–water partition coefficient (Wildman–Crippen LogP) is -0.0975. The van der Waals surface area contributed by atoms with Gasteiger partial charge in [-0.3, -0.25) is 9.59 Å². The Balaban J connectivity index is 2.56. The molecule has 18 heavy (non-hydrogen) atoms. The van der Waals surface area contributed by atoms with Crippen LogP contribution >= 0.6 is 11.8 Å². The number of hydrogen-bond donors (Lipinski definition) is 1. The van der Waals surface area contributed by atoms with Crippen LogP contribution in [0.2, 0.25) is 0 Å². The zero-order valence-corrected chi connectivity index (χ0v) is 10.3. The van der Waals surface area contributed by atoms with Crippen LogP contribution in [0.25, 0.3) is 0 Å². The van der Waals surface area contributed by atoms with Crippen LogP contribution < -0.4 is 0 Å². The van der Waals surface area contributed by atoms with Crippen molar-refractivity contribution in [1.82, 2.24) is 9.80 Å². The van der Waals surface area contributed by atoms with Gasteiger partial charge in [0.15, 0.2) is 0 Å². The Morgan fingerprint density at radius 3 is 2.61 bits per heavy atom. The third-order valence-corrected chi connectivity index (χ3v) is 3.19. The van der Waals surface area contributed by atoms with Crippen LogP contribution in [0.15, 0.2) is 0 Å². The SMILES string of the molecule is O=C1CSCN1CC(=O)N(CCO)CC(F)(F)F. The molecule has 9 heteroatoms. The molecule has 0 spiro atoms. The highest BCUT2D eigenvalue weighted by Crippen LogP contribution is 2.18. The van der Waals surface area contributed by atoms with Gasteiger partial charge in [0.1, 0.15) is 13.1 Å². The van der Waals surface area contributed by atoms with Crippen LogP contribution in [0.5, 0.6) is 0 Å². The molecular formula is C9H13F3N2O3S. The van der Waals surface area contributed by atoms with E-state index < -0.39 is 31.8 Å². The van der Waals surface area contributed by atoms with E-state index in [-0.39, 0.29) is 18.2 Å². The summed E-state index contributed by atoms with van der Waals surface area (Å²) in [5.74, 6) is -0.516. The van der Waals surface area contributed by atoms with Crippen molar-refractivity contribution in [3.63, 3.8) is 0 Å². The van der Waals surface area contributed by atoms with Gasteiger partial charge in [-0.1, -0.05) is 0 Å². The van der Waals surface area contributed by atoms with Crippen LogP contribution in [-0.2, 0) is 9.59 Å². The van der Waals surface area contributed by atoms with E-state index in [1.165, 1.54) is 16.7 Å². The Morgan fingerprint density at radius 2 is 2.17 bits per heavy atom. The van der Waals surface area contributed by atoms with Crippen molar-refractivity contribution >= 4 is 23.6 Å². The molecule has 0 atom stereocenters. The zero-order valence-electron chi connectivity index (χ0n) is 9.44. The van der Waals surface area contributed by atoms with Crippen molar-refractivity contribution < 1.29 is 27.9 Å². The minimum Gasteiger partial charge on any atom is -0.395 e. The highest BCUT2D eigenvalue weighted by Gasteiger charge is 2.34. The average molecular weight is 286 g/mol. The zero-order chi connectivity index (χ0) is 13.8. The molecule has 0 aromatic carbocycles. The van der Waals surface area contributed by atoms with Crippen molar-refractivity contribution in [1.29, 1.82) is 0 Å². The molecule has 0 aromatic rings. The van der Waals surface area contributed by atoms with Gasteiger partial charge in [-0.05, 0) is 0 Å². The van der Waals surface area contributed by atoms with Gasteiger partial charge in [-0.2, -0.15) is 13.2 Å².